The van der Waals surface area contributed by atoms with Crippen molar-refractivity contribution in [3.8, 4) is 0 Å². The summed E-state index contributed by atoms with van der Waals surface area (Å²) in [6.07, 6.45) is 8.36. The molecule has 1 aromatic rings. The lowest BCUT2D eigenvalue weighted by molar-refractivity contribution is -0.122. The second kappa shape index (κ2) is 8.18. The van der Waals surface area contributed by atoms with Crippen molar-refractivity contribution in [2.45, 2.75) is 64.5 Å². The quantitative estimate of drug-likeness (QED) is 0.812. The van der Waals surface area contributed by atoms with Gasteiger partial charge in [-0.2, -0.15) is 0 Å². The molecule has 1 fully saturated rings. The fraction of sp³-hybridized carbons (Fsp3) is 0.611. The summed E-state index contributed by atoms with van der Waals surface area (Å²) in [5.74, 6) is 0.775. The van der Waals surface area contributed by atoms with Gasteiger partial charge in [0.2, 0.25) is 5.91 Å². The molecule has 0 aromatic heterocycles. The molecular weight excluding hydrogens is 260 g/mol. The Morgan fingerprint density at radius 3 is 2.38 bits per heavy atom. The minimum Gasteiger partial charge on any atom is -0.350 e. The van der Waals surface area contributed by atoms with Crippen molar-refractivity contribution in [1.29, 1.82) is 0 Å². The molecule has 1 atom stereocenters. The molecule has 0 spiro atoms. The number of amides is 1. The van der Waals surface area contributed by atoms with E-state index in [1.165, 1.54) is 38.5 Å². The summed E-state index contributed by atoms with van der Waals surface area (Å²) in [6, 6.07) is 8.24. The van der Waals surface area contributed by atoms with E-state index in [1.54, 1.807) is 0 Å². The van der Waals surface area contributed by atoms with Crippen LogP contribution in [0, 0.1) is 5.92 Å². The van der Waals surface area contributed by atoms with E-state index < -0.39 is 0 Å². The molecule has 0 bridgehead atoms. The average Bonchev–Trinajstić information content (AvgIpc) is 2.75. The number of nitrogens with one attached hydrogen (secondary N) is 1. The summed E-state index contributed by atoms with van der Waals surface area (Å²) < 4.78 is 0. The highest BCUT2D eigenvalue weighted by atomic mass is 16.1. The maximum absolute atomic E-state index is 12.2. The summed E-state index contributed by atoms with van der Waals surface area (Å²) in [4.78, 5) is 12.2. The second-order valence-electron chi connectivity index (χ2n) is 6.30. The summed E-state index contributed by atoms with van der Waals surface area (Å²) in [5.41, 5.74) is 7.87. The Balaban J connectivity index is 1.82. The third-order valence-corrected chi connectivity index (χ3v) is 4.54. The molecule has 0 saturated heterocycles. The predicted molar refractivity (Wildman–Crippen MR) is 86.7 cm³/mol. The van der Waals surface area contributed by atoms with E-state index in [1.807, 2.05) is 19.1 Å². The van der Waals surface area contributed by atoms with Crippen LogP contribution in [0.5, 0.6) is 0 Å². The molecule has 1 amide bonds. The number of benzene rings is 1. The van der Waals surface area contributed by atoms with Crippen LogP contribution in [0.3, 0.4) is 0 Å². The van der Waals surface area contributed by atoms with Gasteiger partial charge in [-0.3, -0.25) is 4.79 Å². The zero-order valence-electron chi connectivity index (χ0n) is 13.1. The molecule has 21 heavy (non-hydrogen) atoms. The standard InChI is InChI=1S/C18H28N2O/c1-14(17-10-8-16(13-19)9-11-17)20-18(21)12-15-6-4-2-3-5-7-15/h8-11,14-15H,2-7,12-13,19H2,1H3,(H,20,21). The zero-order chi connectivity index (χ0) is 15.1. The molecular formula is C18H28N2O. The minimum absolute atomic E-state index is 0.0649. The van der Waals surface area contributed by atoms with Crippen molar-refractivity contribution in [3.63, 3.8) is 0 Å². The van der Waals surface area contributed by atoms with Gasteiger partial charge in [-0.05, 0) is 36.8 Å². The summed E-state index contributed by atoms with van der Waals surface area (Å²) >= 11 is 0. The van der Waals surface area contributed by atoms with Gasteiger partial charge in [-0.15, -0.1) is 0 Å². The van der Waals surface area contributed by atoms with Crippen LogP contribution in [0.1, 0.15) is 69.0 Å². The number of hydrogen-bond acceptors (Lipinski definition) is 2. The van der Waals surface area contributed by atoms with Gasteiger partial charge in [0, 0.05) is 13.0 Å². The number of rotatable bonds is 5. The average molecular weight is 288 g/mol. The van der Waals surface area contributed by atoms with Crippen molar-refractivity contribution in [2.75, 3.05) is 0 Å². The van der Waals surface area contributed by atoms with Crippen molar-refractivity contribution < 1.29 is 4.79 Å². The van der Waals surface area contributed by atoms with Gasteiger partial charge < -0.3 is 11.1 Å². The monoisotopic (exact) mass is 288 g/mol. The number of hydrogen-bond donors (Lipinski definition) is 2. The highest BCUT2D eigenvalue weighted by Crippen LogP contribution is 2.25. The first-order valence-electron chi connectivity index (χ1n) is 8.27. The van der Waals surface area contributed by atoms with E-state index in [2.05, 4.69) is 17.4 Å². The fourth-order valence-corrected chi connectivity index (χ4v) is 3.16. The van der Waals surface area contributed by atoms with Crippen molar-refractivity contribution in [3.05, 3.63) is 35.4 Å². The molecule has 0 heterocycles. The first-order chi connectivity index (χ1) is 10.2. The van der Waals surface area contributed by atoms with Crippen LogP contribution in [0.2, 0.25) is 0 Å². The minimum atomic E-state index is 0.0649. The first kappa shape index (κ1) is 16.0. The van der Waals surface area contributed by atoms with Gasteiger partial charge in [0.25, 0.3) is 0 Å². The molecule has 1 aromatic carbocycles. The molecule has 1 aliphatic rings. The van der Waals surface area contributed by atoms with Gasteiger partial charge in [0.1, 0.15) is 0 Å². The largest absolute Gasteiger partial charge is 0.350 e. The summed E-state index contributed by atoms with van der Waals surface area (Å²) in [6.45, 7) is 2.60. The van der Waals surface area contributed by atoms with Crippen LogP contribution in [-0.4, -0.2) is 5.91 Å². The topological polar surface area (TPSA) is 55.1 Å². The van der Waals surface area contributed by atoms with E-state index >= 15 is 0 Å². The Labute approximate surface area is 128 Å². The van der Waals surface area contributed by atoms with Gasteiger partial charge in [-0.25, -0.2) is 0 Å². The molecule has 0 aliphatic heterocycles. The molecule has 3 heteroatoms. The fourth-order valence-electron chi connectivity index (χ4n) is 3.16. The molecule has 3 nitrogen and oxygen atoms in total. The maximum Gasteiger partial charge on any atom is 0.220 e. The van der Waals surface area contributed by atoms with E-state index in [0.717, 1.165) is 11.1 Å². The molecule has 0 radical (unpaired) electrons. The molecule has 1 unspecified atom stereocenters. The molecule has 2 rings (SSSR count). The Kier molecular flexibility index (Phi) is 6.24. The van der Waals surface area contributed by atoms with Gasteiger partial charge in [0.05, 0.1) is 6.04 Å². The third kappa shape index (κ3) is 5.16. The van der Waals surface area contributed by atoms with E-state index in [9.17, 15) is 4.79 Å². The van der Waals surface area contributed by atoms with Crippen LogP contribution in [0.4, 0.5) is 0 Å². The summed E-state index contributed by atoms with van der Waals surface area (Å²) in [5, 5.41) is 3.13. The lowest BCUT2D eigenvalue weighted by atomic mass is 9.96. The van der Waals surface area contributed by atoms with Crippen molar-refractivity contribution in [1.82, 2.24) is 5.32 Å². The Morgan fingerprint density at radius 1 is 1.19 bits per heavy atom. The predicted octanol–water partition coefficient (Wildman–Crippen LogP) is 3.68. The highest BCUT2D eigenvalue weighted by molar-refractivity contribution is 5.76. The zero-order valence-corrected chi connectivity index (χ0v) is 13.1. The number of carbonyl (C=O) groups excluding carboxylic acids is 1. The SMILES string of the molecule is CC(NC(=O)CC1CCCCCC1)c1ccc(CN)cc1. The van der Waals surface area contributed by atoms with Gasteiger partial charge in [0.15, 0.2) is 0 Å². The van der Waals surface area contributed by atoms with Crippen LogP contribution in [0.25, 0.3) is 0 Å². The maximum atomic E-state index is 12.2. The highest BCUT2D eigenvalue weighted by Gasteiger charge is 2.17. The summed E-state index contributed by atoms with van der Waals surface area (Å²) in [7, 11) is 0. The molecule has 1 aliphatic carbocycles. The van der Waals surface area contributed by atoms with Gasteiger partial charge in [-0.1, -0.05) is 49.9 Å². The number of nitrogens with two attached hydrogens (primary N) is 1. The lowest BCUT2D eigenvalue weighted by Gasteiger charge is -2.18. The van der Waals surface area contributed by atoms with Crippen LogP contribution in [0.15, 0.2) is 24.3 Å². The second-order valence-corrected chi connectivity index (χ2v) is 6.30. The van der Waals surface area contributed by atoms with Gasteiger partial charge >= 0.3 is 0 Å². The Bertz CT molecular complexity index is 433. The van der Waals surface area contributed by atoms with Crippen LogP contribution in [-0.2, 0) is 11.3 Å². The lowest BCUT2D eigenvalue weighted by Crippen LogP contribution is -2.28. The first-order valence-corrected chi connectivity index (χ1v) is 8.27. The Hall–Kier alpha value is -1.35. The van der Waals surface area contributed by atoms with Crippen molar-refractivity contribution in [2.24, 2.45) is 11.7 Å². The smallest absolute Gasteiger partial charge is 0.220 e. The van der Waals surface area contributed by atoms with E-state index in [-0.39, 0.29) is 11.9 Å². The molecule has 1 saturated carbocycles. The normalized spacial score (nSPS) is 18.0. The van der Waals surface area contributed by atoms with E-state index in [4.69, 9.17) is 5.73 Å². The van der Waals surface area contributed by atoms with Crippen LogP contribution >= 0.6 is 0 Å². The van der Waals surface area contributed by atoms with E-state index in [0.29, 0.717) is 18.9 Å². The Morgan fingerprint density at radius 2 is 1.81 bits per heavy atom. The molecule has 116 valence electrons. The third-order valence-electron chi connectivity index (χ3n) is 4.54. The van der Waals surface area contributed by atoms with Crippen molar-refractivity contribution >= 4 is 5.91 Å². The van der Waals surface area contributed by atoms with Crippen LogP contribution < -0.4 is 11.1 Å². The number of carbonyl (C=O) groups is 1. The molecule has 3 N–H and O–H groups in total.